The van der Waals surface area contributed by atoms with Crippen molar-refractivity contribution in [1.82, 2.24) is 4.90 Å². The van der Waals surface area contributed by atoms with Crippen LogP contribution in [-0.2, 0) is 9.59 Å². The van der Waals surface area contributed by atoms with Crippen molar-refractivity contribution in [2.75, 3.05) is 13.2 Å². The monoisotopic (exact) mass is 307 g/mol. The van der Waals surface area contributed by atoms with Gasteiger partial charge in [-0.05, 0) is 50.4 Å². The van der Waals surface area contributed by atoms with Gasteiger partial charge in [0.15, 0.2) is 5.78 Å². The Balaban J connectivity index is 1.80. The third-order valence-electron chi connectivity index (χ3n) is 5.43. The molecule has 4 nitrogen and oxygen atoms in total. The number of hydrogen-bond acceptors (Lipinski definition) is 3. The largest absolute Gasteiger partial charge is 0.396 e. The molecule has 3 atom stereocenters. The maximum absolute atomic E-state index is 11.9. The van der Waals surface area contributed by atoms with E-state index in [1.54, 1.807) is 18.0 Å². The van der Waals surface area contributed by atoms with Gasteiger partial charge in [0, 0.05) is 24.9 Å². The van der Waals surface area contributed by atoms with Crippen LogP contribution in [0.2, 0.25) is 0 Å². The van der Waals surface area contributed by atoms with Gasteiger partial charge in [0.1, 0.15) is 0 Å². The molecule has 1 N–H and O–H groups in total. The number of allylic oxidation sites excluding steroid dienone is 1. The fourth-order valence-electron chi connectivity index (χ4n) is 4.06. The molecule has 4 heteroatoms. The van der Waals surface area contributed by atoms with Crippen molar-refractivity contribution in [3.05, 3.63) is 11.8 Å². The molecule has 2 rings (SSSR count). The first kappa shape index (κ1) is 17.2. The Morgan fingerprint density at radius 1 is 1.36 bits per heavy atom. The van der Waals surface area contributed by atoms with E-state index in [4.69, 9.17) is 5.11 Å². The third-order valence-corrected chi connectivity index (χ3v) is 5.43. The molecule has 0 spiro atoms. The topological polar surface area (TPSA) is 57.6 Å². The van der Waals surface area contributed by atoms with Crippen LogP contribution in [0.1, 0.15) is 58.8 Å². The van der Waals surface area contributed by atoms with Crippen LogP contribution in [0.15, 0.2) is 11.8 Å². The normalized spacial score (nSPS) is 27.2. The van der Waals surface area contributed by atoms with E-state index in [9.17, 15) is 9.59 Å². The van der Waals surface area contributed by atoms with Crippen LogP contribution >= 0.6 is 0 Å². The van der Waals surface area contributed by atoms with Gasteiger partial charge < -0.3 is 10.0 Å². The Bertz CT molecular complexity index is 444. The highest BCUT2D eigenvalue weighted by molar-refractivity contribution is 6.09. The van der Waals surface area contributed by atoms with Crippen LogP contribution in [-0.4, -0.2) is 34.8 Å². The SMILES string of the molecule is CC1=CN(CCCC2CCCC2[C@@H](C)CCO)C(=O)CC1=O. The molecule has 1 aliphatic heterocycles. The number of hydrogen-bond donors (Lipinski definition) is 1. The second kappa shape index (κ2) is 7.91. The zero-order chi connectivity index (χ0) is 16.1. The van der Waals surface area contributed by atoms with Crippen LogP contribution in [0.5, 0.6) is 0 Å². The summed E-state index contributed by atoms with van der Waals surface area (Å²) in [5.74, 6) is 1.94. The van der Waals surface area contributed by atoms with E-state index in [0.29, 0.717) is 11.5 Å². The van der Waals surface area contributed by atoms with Crippen molar-refractivity contribution in [3.63, 3.8) is 0 Å². The maximum Gasteiger partial charge on any atom is 0.234 e. The highest BCUT2D eigenvalue weighted by atomic mass is 16.3. The fraction of sp³-hybridized carbons (Fsp3) is 0.778. The van der Waals surface area contributed by atoms with E-state index in [1.807, 2.05) is 0 Å². The predicted octanol–water partition coefficient (Wildman–Crippen LogP) is 2.91. The Morgan fingerprint density at radius 2 is 2.14 bits per heavy atom. The highest BCUT2D eigenvalue weighted by Crippen LogP contribution is 2.40. The Morgan fingerprint density at radius 3 is 2.86 bits per heavy atom. The minimum atomic E-state index is -0.0628. The lowest BCUT2D eigenvalue weighted by Crippen LogP contribution is -2.33. The van der Waals surface area contributed by atoms with E-state index < -0.39 is 0 Å². The molecule has 0 radical (unpaired) electrons. The van der Waals surface area contributed by atoms with Crippen LogP contribution in [0.4, 0.5) is 0 Å². The zero-order valence-electron chi connectivity index (χ0n) is 13.9. The quantitative estimate of drug-likeness (QED) is 0.736. The van der Waals surface area contributed by atoms with Crippen molar-refractivity contribution in [3.8, 4) is 0 Å². The number of ketones is 1. The number of aliphatic hydroxyl groups is 1. The number of carbonyl (C=O) groups is 2. The van der Waals surface area contributed by atoms with Gasteiger partial charge >= 0.3 is 0 Å². The lowest BCUT2D eigenvalue weighted by atomic mass is 9.81. The molecule has 2 unspecified atom stereocenters. The molecule has 0 aromatic heterocycles. The van der Waals surface area contributed by atoms with E-state index in [1.165, 1.54) is 19.3 Å². The van der Waals surface area contributed by atoms with Crippen molar-refractivity contribution >= 4 is 11.7 Å². The number of aliphatic hydroxyl groups excluding tert-OH is 1. The number of nitrogens with zero attached hydrogens (tertiary/aromatic N) is 1. The Kier molecular flexibility index (Phi) is 6.18. The van der Waals surface area contributed by atoms with E-state index in [-0.39, 0.29) is 24.7 Å². The van der Waals surface area contributed by atoms with Gasteiger partial charge in [0.25, 0.3) is 0 Å². The van der Waals surface area contributed by atoms with E-state index >= 15 is 0 Å². The molecular weight excluding hydrogens is 278 g/mol. The smallest absolute Gasteiger partial charge is 0.234 e. The van der Waals surface area contributed by atoms with Crippen LogP contribution in [0.3, 0.4) is 0 Å². The summed E-state index contributed by atoms with van der Waals surface area (Å²) in [6, 6.07) is 0. The summed E-state index contributed by atoms with van der Waals surface area (Å²) >= 11 is 0. The molecule has 2 aliphatic rings. The molecule has 1 amide bonds. The van der Waals surface area contributed by atoms with E-state index in [2.05, 4.69) is 6.92 Å². The lowest BCUT2D eigenvalue weighted by Gasteiger charge is -2.27. The van der Waals surface area contributed by atoms with Crippen molar-refractivity contribution < 1.29 is 14.7 Å². The minimum Gasteiger partial charge on any atom is -0.396 e. The first-order valence-electron chi connectivity index (χ1n) is 8.65. The summed E-state index contributed by atoms with van der Waals surface area (Å²) < 4.78 is 0. The summed E-state index contributed by atoms with van der Waals surface area (Å²) in [6.45, 7) is 5.04. The second-order valence-corrected chi connectivity index (χ2v) is 6.99. The number of carbonyl (C=O) groups excluding carboxylic acids is 2. The van der Waals surface area contributed by atoms with Gasteiger partial charge in [0.05, 0.1) is 6.42 Å². The standard InChI is InChI=1S/C18H29NO3/c1-13(8-10-20)16-7-3-5-15(16)6-4-9-19-12-14(2)17(21)11-18(19)22/h12-13,15-16,20H,3-11H2,1-2H3/t13-,15?,16?/m0/s1. The van der Waals surface area contributed by atoms with Gasteiger partial charge in [0.2, 0.25) is 5.91 Å². The number of amides is 1. The molecule has 1 saturated carbocycles. The molecule has 1 heterocycles. The van der Waals surface area contributed by atoms with Gasteiger partial charge in [-0.25, -0.2) is 0 Å². The van der Waals surface area contributed by atoms with Crippen LogP contribution in [0, 0.1) is 17.8 Å². The number of Topliss-reactive ketones (excluding diaryl/α,β-unsaturated/α-hetero) is 1. The molecular formula is C18H29NO3. The third kappa shape index (κ3) is 4.19. The average Bonchev–Trinajstić information content (AvgIpc) is 2.93. The molecule has 1 fully saturated rings. The summed E-state index contributed by atoms with van der Waals surface area (Å²) in [4.78, 5) is 25.1. The van der Waals surface area contributed by atoms with Gasteiger partial charge in [-0.3, -0.25) is 9.59 Å². The second-order valence-electron chi connectivity index (χ2n) is 6.99. The lowest BCUT2D eigenvalue weighted by molar-refractivity contribution is -0.133. The maximum atomic E-state index is 11.9. The van der Waals surface area contributed by atoms with Crippen LogP contribution < -0.4 is 0 Å². The summed E-state index contributed by atoms with van der Waals surface area (Å²) in [5, 5.41) is 9.13. The average molecular weight is 307 g/mol. The highest BCUT2D eigenvalue weighted by Gasteiger charge is 2.31. The van der Waals surface area contributed by atoms with Crippen molar-refractivity contribution in [2.45, 2.75) is 58.8 Å². The van der Waals surface area contributed by atoms with Gasteiger partial charge in [-0.2, -0.15) is 0 Å². The fourth-order valence-corrected chi connectivity index (χ4v) is 4.06. The number of rotatable bonds is 7. The Hall–Kier alpha value is -1.16. The summed E-state index contributed by atoms with van der Waals surface area (Å²) in [7, 11) is 0. The molecule has 1 aliphatic carbocycles. The van der Waals surface area contributed by atoms with Crippen molar-refractivity contribution in [1.29, 1.82) is 0 Å². The van der Waals surface area contributed by atoms with E-state index in [0.717, 1.165) is 37.6 Å². The molecule has 22 heavy (non-hydrogen) atoms. The molecule has 0 aromatic carbocycles. The Labute approximate surface area is 133 Å². The van der Waals surface area contributed by atoms with Gasteiger partial charge in [-0.1, -0.05) is 19.8 Å². The van der Waals surface area contributed by atoms with Crippen molar-refractivity contribution in [2.24, 2.45) is 17.8 Å². The predicted molar refractivity (Wildman–Crippen MR) is 86.0 cm³/mol. The minimum absolute atomic E-state index is 0.0297. The molecule has 0 aromatic rings. The zero-order valence-corrected chi connectivity index (χ0v) is 13.9. The first-order valence-corrected chi connectivity index (χ1v) is 8.65. The summed E-state index contributed by atoms with van der Waals surface area (Å²) in [6.07, 6.45) is 8.64. The summed E-state index contributed by atoms with van der Waals surface area (Å²) in [5.41, 5.74) is 0.690. The van der Waals surface area contributed by atoms with Crippen LogP contribution in [0.25, 0.3) is 0 Å². The molecule has 0 saturated heterocycles. The molecule has 0 bridgehead atoms. The molecule has 124 valence electrons. The first-order chi connectivity index (χ1) is 10.5. The van der Waals surface area contributed by atoms with Gasteiger partial charge in [-0.15, -0.1) is 0 Å².